The van der Waals surface area contributed by atoms with Gasteiger partial charge in [-0.3, -0.25) is 0 Å². The van der Waals surface area contributed by atoms with Gasteiger partial charge in [0, 0.05) is 17.8 Å². The maximum Gasteiger partial charge on any atom is 0.115 e. The lowest BCUT2D eigenvalue weighted by Crippen LogP contribution is -2.10. The average molecular weight is 715 g/mol. The highest BCUT2D eigenvalue weighted by Crippen LogP contribution is 2.37. The molecule has 0 aromatic heterocycles. The Labute approximate surface area is 315 Å². The van der Waals surface area contributed by atoms with Crippen LogP contribution in [0.1, 0.15) is 67.8 Å². The van der Waals surface area contributed by atoms with Crippen LogP contribution in [0.5, 0.6) is 34.5 Å². The minimum Gasteiger partial charge on any atom is -0.508 e. The lowest BCUT2D eigenvalue weighted by molar-refractivity contribution is 0.474. The number of hydrogen-bond donors (Lipinski definition) is 6. The number of phenolic OH excluding ortho intramolecular Hbond substituents is 6. The quantitative estimate of drug-likeness (QED) is 0.0750. The molecular weight excluding hydrogens is 673 g/mol. The summed E-state index contributed by atoms with van der Waals surface area (Å²) in [4.78, 5) is 0. The van der Waals surface area contributed by atoms with E-state index in [1.54, 1.807) is 72.8 Å². The van der Waals surface area contributed by atoms with E-state index in [0.717, 1.165) is 50.1 Å². The fourth-order valence-corrected chi connectivity index (χ4v) is 7.42. The summed E-state index contributed by atoms with van der Waals surface area (Å²) in [6.07, 6.45) is 1.92. The van der Waals surface area contributed by atoms with E-state index in [1.807, 2.05) is 72.8 Å². The maximum atomic E-state index is 10.1. The second kappa shape index (κ2) is 15.9. The topological polar surface area (TPSA) is 121 Å². The third-order valence-electron chi connectivity index (χ3n) is 10.2. The van der Waals surface area contributed by atoms with Gasteiger partial charge in [-0.1, -0.05) is 91.0 Å². The van der Waals surface area contributed by atoms with E-state index in [-0.39, 0.29) is 52.3 Å². The molecule has 0 radical (unpaired) electrons. The molecule has 0 aliphatic heterocycles. The first-order valence-electron chi connectivity index (χ1n) is 18.0. The molecule has 7 aromatic rings. The van der Waals surface area contributed by atoms with Crippen LogP contribution in [0.25, 0.3) is 0 Å². The molecule has 0 saturated carbocycles. The molecule has 0 saturated heterocycles. The fourth-order valence-electron chi connectivity index (χ4n) is 7.42. The van der Waals surface area contributed by atoms with Crippen LogP contribution in [0, 0.1) is 0 Å². The first-order chi connectivity index (χ1) is 26.2. The molecule has 0 amide bonds. The largest absolute Gasteiger partial charge is 0.508 e. The molecule has 0 bridgehead atoms. The summed E-state index contributed by atoms with van der Waals surface area (Å²) in [6, 6.07) is 50.4. The molecule has 6 heteroatoms. The summed E-state index contributed by atoms with van der Waals surface area (Å²) in [6.45, 7) is 0. The van der Waals surface area contributed by atoms with Crippen LogP contribution in [-0.4, -0.2) is 30.6 Å². The van der Waals surface area contributed by atoms with Crippen molar-refractivity contribution in [1.82, 2.24) is 0 Å². The van der Waals surface area contributed by atoms with Crippen molar-refractivity contribution in [3.05, 3.63) is 214 Å². The lowest BCUT2D eigenvalue weighted by atomic mass is 9.81. The number of benzene rings is 7. The summed E-state index contributed by atoms with van der Waals surface area (Å²) in [5.41, 5.74) is 9.51. The summed E-state index contributed by atoms with van der Waals surface area (Å²) in [5, 5.41) is 60.7. The van der Waals surface area contributed by atoms with Gasteiger partial charge in [0.15, 0.2) is 0 Å². The molecule has 54 heavy (non-hydrogen) atoms. The molecule has 0 aliphatic rings. The highest BCUT2D eigenvalue weighted by molar-refractivity contribution is 5.45. The minimum absolute atomic E-state index is 0.0794. The molecule has 7 rings (SSSR count). The molecule has 0 unspecified atom stereocenters. The number of rotatable bonds is 12. The molecule has 0 fully saturated rings. The first-order valence-corrected chi connectivity index (χ1v) is 18.0. The van der Waals surface area contributed by atoms with Gasteiger partial charge in [-0.2, -0.15) is 0 Å². The zero-order valence-corrected chi connectivity index (χ0v) is 29.6. The Morgan fingerprint density at radius 1 is 0.241 bits per heavy atom. The van der Waals surface area contributed by atoms with Crippen molar-refractivity contribution in [1.29, 1.82) is 0 Å². The van der Waals surface area contributed by atoms with Crippen molar-refractivity contribution in [2.24, 2.45) is 0 Å². The number of hydrogen-bond acceptors (Lipinski definition) is 6. The Kier molecular flexibility index (Phi) is 10.5. The van der Waals surface area contributed by atoms with Gasteiger partial charge >= 0.3 is 0 Å². The Morgan fingerprint density at radius 2 is 0.389 bits per heavy atom. The SMILES string of the molecule is Oc1ccc(C(Cc2cc(CC(c3ccc(O)cc3)c3ccc(O)cc3)cc(CC(c3ccc(O)cc3)c3ccc(O)cc3)c2)c2ccc(O)cc2)cc1. The van der Waals surface area contributed by atoms with Gasteiger partial charge in [0.2, 0.25) is 0 Å². The third-order valence-corrected chi connectivity index (χ3v) is 10.2. The van der Waals surface area contributed by atoms with Gasteiger partial charge in [0.1, 0.15) is 34.5 Å². The normalized spacial score (nSPS) is 11.4. The van der Waals surface area contributed by atoms with Crippen LogP contribution in [0.3, 0.4) is 0 Å². The van der Waals surface area contributed by atoms with Gasteiger partial charge in [-0.25, -0.2) is 0 Å². The summed E-state index contributed by atoms with van der Waals surface area (Å²) in [7, 11) is 0. The van der Waals surface area contributed by atoms with Crippen LogP contribution in [0.2, 0.25) is 0 Å². The monoisotopic (exact) mass is 714 g/mol. The Hall–Kier alpha value is -6.66. The van der Waals surface area contributed by atoms with Gasteiger partial charge in [-0.05, 0) is 142 Å². The van der Waals surface area contributed by atoms with Crippen molar-refractivity contribution in [2.45, 2.75) is 37.0 Å². The predicted molar refractivity (Wildman–Crippen MR) is 212 cm³/mol. The second-order valence-corrected chi connectivity index (χ2v) is 14.0. The van der Waals surface area contributed by atoms with E-state index in [1.165, 1.54) is 0 Å². The molecule has 0 atom stereocenters. The van der Waals surface area contributed by atoms with Crippen LogP contribution >= 0.6 is 0 Å². The van der Waals surface area contributed by atoms with Crippen molar-refractivity contribution >= 4 is 0 Å². The molecule has 0 heterocycles. The van der Waals surface area contributed by atoms with Gasteiger partial charge < -0.3 is 30.6 Å². The predicted octanol–water partition coefficient (Wildman–Crippen LogP) is 10.0. The van der Waals surface area contributed by atoms with Gasteiger partial charge in [-0.15, -0.1) is 0 Å². The average Bonchev–Trinajstić information content (AvgIpc) is 3.17. The van der Waals surface area contributed by atoms with E-state index in [0.29, 0.717) is 19.3 Å². The van der Waals surface area contributed by atoms with Gasteiger partial charge in [0.25, 0.3) is 0 Å². The lowest BCUT2D eigenvalue weighted by Gasteiger charge is -2.23. The van der Waals surface area contributed by atoms with E-state index in [2.05, 4.69) is 18.2 Å². The Balaban J connectivity index is 1.34. The number of phenols is 6. The Bertz CT molecular complexity index is 1870. The van der Waals surface area contributed by atoms with Crippen LogP contribution in [-0.2, 0) is 19.3 Å². The molecular formula is C48H42O6. The van der Waals surface area contributed by atoms with Crippen molar-refractivity contribution in [3.8, 4) is 34.5 Å². The number of aromatic hydroxyl groups is 6. The molecule has 270 valence electrons. The summed E-state index contributed by atoms with van der Waals surface area (Å²) < 4.78 is 0. The van der Waals surface area contributed by atoms with Crippen molar-refractivity contribution < 1.29 is 30.6 Å². The minimum atomic E-state index is -0.0794. The van der Waals surface area contributed by atoms with E-state index in [4.69, 9.17) is 0 Å². The zero-order valence-electron chi connectivity index (χ0n) is 29.6. The van der Waals surface area contributed by atoms with Crippen LogP contribution in [0.15, 0.2) is 164 Å². The summed E-state index contributed by atoms with van der Waals surface area (Å²) >= 11 is 0. The third kappa shape index (κ3) is 8.68. The molecule has 7 aromatic carbocycles. The first kappa shape index (κ1) is 35.7. The summed E-state index contributed by atoms with van der Waals surface area (Å²) in [5.74, 6) is 0.909. The highest BCUT2D eigenvalue weighted by atomic mass is 16.3. The van der Waals surface area contributed by atoms with Crippen LogP contribution in [0.4, 0.5) is 0 Å². The van der Waals surface area contributed by atoms with Gasteiger partial charge in [0.05, 0.1) is 0 Å². The van der Waals surface area contributed by atoms with Crippen molar-refractivity contribution in [2.75, 3.05) is 0 Å². The molecule has 6 nitrogen and oxygen atoms in total. The second-order valence-electron chi connectivity index (χ2n) is 14.0. The van der Waals surface area contributed by atoms with Crippen LogP contribution < -0.4 is 0 Å². The van der Waals surface area contributed by atoms with Crippen molar-refractivity contribution in [3.63, 3.8) is 0 Å². The fraction of sp³-hybridized carbons (Fsp3) is 0.125. The molecule has 0 aliphatic carbocycles. The maximum absolute atomic E-state index is 10.1. The zero-order chi connectivity index (χ0) is 37.6. The smallest absolute Gasteiger partial charge is 0.115 e. The Morgan fingerprint density at radius 3 is 0.537 bits per heavy atom. The van der Waals surface area contributed by atoms with E-state index >= 15 is 0 Å². The molecule has 6 N–H and O–H groups in total. The standard InChI is InChI=1S/C48H42O6/c49-40-13-1-34(2-14-40)46(35-3-15-41(50)16-4-35)28-31-25-32(29-47(36-5-17-42(51)18-6-36)37-7-19-43(52)20-8-37)27-33(26-31)30-48(38-9-21-44(53)22-10-38)39-11-23-45(54)24-12-39/h1-27,46-54H,28-30H2. The molecule has 0 spiro atoms. The van der Waals surface area contributed by atoms with E-state index in [9.17, 15) is 30.6 Å². The van der Waals surface area contributed by atoms with E-state index < -0.39 is 0 Å². The highest BCUT2D eigenvalue weighted by Gasteiger charge is 2.22.